The SMILES string of the molecule is CN1CCN(c2nc(CC(N)=O)c3cc(Cl)ccc3n2)CC1. The topological polar surface area (TPSA) is 75.3 Å². The number of primary amides is 1. The number of rotatable bonds is 3. The highest BCUT2D eigenvalue weighted by Crippen LogP contribution is 2.24. The van der Waals surface area contributed by atoms with Crippen LogP contribution < -0.4 is 10.6 Å². The Hall–Kier alpha value is -1.92. The number of piperazine rings is 1. The first-order valence-electron chi connectivity index (χ1n) is 7.21. The number of fused-ring (bicyclic) bond motifs is 1. The first-order chi connectivity index (χ1) is 10.5. The monoisotopic (exact) mass is 319 g/mol. The third kappa shape index (κ3) is 3.13. The van der Waals surface area contributed by atoms with Crippen molar-refractivity contribution in [1.82, 2.24) is 14.9 Å². The van der Waals surface area contributed by atoms with E-state index in [1.54, 1.807) is 12.1 Å². The Morgan fingerprint density at radius 1 is 1.27 bits per heavy atom. The number of nitrogens with two attached hydrogens (primary N) is 1. The van der Waals surface area contributed by atoms with Crippen LogP contribution in [-0.2, 0) is 11.2 Å². The van der Waals surface area contributed by atoms with E-state index in [0.717, 1.165) is 37.1 Å². The van der Waals surface area contributed by atoms with Gasteiger partial charge in [0.1, 0.15) is 0 Å². The summed E-state index contributed by atoms with van der Waals surface area (Å²) in [5.41, 5.74) is 6.76. The summed E-state index contributed by atoms with van der Waals surface area (Å²) in [7, 11) is 2.10. The van der Waals surface area contributed by atoms with Crippen LogP contribution in [-0.4, -0.2) is 54.0 Å². The second-order valence-corrected chi connectivity index (χ2v) is 6.00. The van der Waals surface area contributed by atoms with Crippen LogP contribution in [0.2, 0.25) is 5.02 Å². The molecule has 0 unspecified atom stereocenters. The molecule has 0 aliphatic carbocycles. The summed E-state index contributed by atoms with van der Waals surface area (Å²) in [6.45, 7) is 3.66. The number of carbonyl (C=O) groups is 1. The summed E-state index contributed by atoms with van der Waals surface area (Å²) < 4.78 is 0. The molecule has 1 aromatic carbocycles. The van der Waals surface area contributed by atoms with E-state index >= 15 is 0 Å². The number of anilines is 1. The Labute approximate surface area is 133 Å². The molecule has 0 saturated carbocycles. The zero-order chi connectivity index (χ0) is 15.7. The minimum absolute atomic E-state index is 0.0834. The molecule has 0 bridgehead atoms. The zero-order valence-electron chi connectivity index (χ0n) is 12.4. The van der Waals surface area contributed by atoms with Crippen molar-refractivity contribution in [2.45, 2.75) is 6.42 Å². The van der Waals surface area contributed by atoms with Gasteiger partial charge in [-0.1, -0.05) is 11.6 Å². The molecule has 3 rings (SSSR count). The lowest BCUT2D eigenvalue weighted by Crippen LogP contribution is -2.45. The molecule has 0 radical (unpaired) electrons. The number of amides is 1. The van der Waals surface area contributed by atoms with E-state index in [4.69, 9.17) is 17.3 Å². The molecule has 1 aliphatic rings. The fourth-order valence-electron chi connectivity index (χ4n) is 2.60. The van der Waals surface area contributed by atoms with E-state index in [1.807, 2.05) is 6.07 Å². The minimum Gasteiger partial charge on any atom is -0.369 e. The number of likely N-dealkylation sites (N-methyl/N-ethyl adjacent to an activating group) is 1. The van der Waals surface area contributed by atoms with Gasteiger partial charge in [-0.3, -0.25) is 4.79 Å². The molecule has 1 amide bonds. The van der Waals surface area contributed by atoms with Gasteiger partial charge in [-0.2, -0.15) is 0 Å². The van der Waals surface area contributed by atoms with Crippen LogP contribution in [0.4, 0.5) is 5.95 Å². The smallest absolute Gasteiger partial charge is 0.226 e. The van der Waals surface area contributed by atoms with Crippen molar-refractivity contribution in [2.75, 3.05) is 38.1 Å². The van der Waals surface area contributed by atoms with Crippen LogP contribution in [0.15, 0.2) is 18.2 Å². The van der Waals surface area contributed by atoms with Gasteiger partial charge in [-0.15, -0.1) is 0 Å². The number of aromatic nitrogens is 2. The fourth-order valence-corrected chi connectivity index (χ4v) is 2.77. The lowest BCUT2D eigenvalue weighted by Gasteiger charge is -2.32. The van der Waals surface area contributed by atoms with Gasteiger partial charge in [0.25, 0.3) is 0 Å². The number of halogens is 1. The highest BCUT2D eigenvalue weighted by atomic mass is 35.5. The van der Waals surface area contributed by atoms with Gasteiger partial charge in [0, 0.05) is 36.6 Å². The second kappa shape index (κ2) is 6.06. The summed E-state index contributed by atoms with van der Waals surface area (Å²) in [5, 5.41) is 1.37. The van der Waals surface area contributed by atoms with E-state index in [1.165, 1.54) is 0 Å². The highest BCUT2D eigenvalue weighted by molar-refractivity contribution is 6.31. The number of hydrogen-bond acceptors (Lipinski definition) is 5. The van der Waals surface area contributed by atoms with Gasteiger partial charge in [0.2, 0.25) is 11.9 Å². The summed E-state index contributed by atoms with van der Waals surface area (Å²) >= 11 is 6.04. The van der Waals surface area contributed by atoms with Crippen molar-refractivity contribution in [1.29, 1.82) is 0 Å². The van der Waals surface area contributed by atoms with Gasteiger partial charge in [-0.25, -0.2) is 9.97 Å². The van der Waals surface area contributed by atoms with Gasteiger partial charge >= 0.3 is 0 Å². The maximum atomic E-state index is 11.3. The third-order valence-electron chi connectivity index (χ3n) is 3.85. The largest absolute Gasteiger partial charge is 0.369 e. The molecule has 0 atom stereocenters. The Morgan fingerprint density at radius 3 is 2.68 bits per heavy atom. The maximum absolute atomic E-state index is 11.3. The fraction of sp³-hybridized carbons (Fsp3) is 0.400. The molecule has 1 aromatic heterocycles. The molecular weight excluding hydrogens is 302 g/mol. The molecule has 22 heavy (non-hydrogen) atoms. The first-order valence-corrected chi connectivity index (χ1v) is 7.59. The first kappa shape index (κ1) is 15.0. The van der Waals surface area contributed by atoms with Crippen molar-refractivity contribution in [3.63, 3.8) is 0 Å². The van der Waals surface area contributed by atoms with Crippen LogP contribution in [0.1, 0.15) is 5.69 Å². The van der Waals surface area contributed by atoms with E-state index in [-0.39, 0.29) is 6.42 Å². The Balaban J connectivity index is 2.04. The predicted molar refractivity (Wildman–Crippen MR) is 87.2 cm³/mol. The van der Waals surface area contributed by atoms with Crippen molar-refractivity contribution in [2.24, 2.45) is 5.73 Å². The molecule has 1 saturated heterocycles. The third-order valence-corrected chi connectivity index (χ3v) is 4.09. The number of hydrogen-bond donors (Lipinski definition) is 1. The molecule has 1 aliphatic heterocycles. The van der Waals surface area contributed by atoms with E-state index in [2.05, 4.69) is 26.8 Å². The Morgan fingerprint density at radius 2 is 2.00 bits per heavy atom. The normalized spacial score (nSPS) is 16.2. The summed E-state index contributed by atoms with van der Waals surface area (Å²) in [5.74, 6) is 0.239. The molecule has 116 valence electrons. The Kier molecular flexibility index (Phi) is 4.13. The average molecular weight is 320 g/mol. The number of benzene rings is 1. The maximum Gasteiger partial charge on any atom is 0.226 e. The van der Waals surface area contributed by atoms with Crippen LogP contribution in [0.3, 0.4) is 0 Å². The number of carbonyl (C=O) groups excluding carboxylic acids is 1. The van der Waals surface area contributed by atoms with E-state index in [9.17, 15) is 4.79 Å². The van der Waals surface area contributed by atoms with Crippen LogP contribution >= 0.6 is 11.6 Å². The summed E-state index contributed by atoms with van der Waals surface area (Å²) in [6.07, 6.45) is 0.0834. The standard InChI is InChI=1S/C15H18ClN5O/c1-20-4-6-21(7-5-20)15-18-12-3-2-10(16)8-11(12)13(19-15)9-14(17)22/h2-3,8H,4-7,9H2,1H3,(H2,17,22). The van der Waals surface area contributed by atoms with Crippen molar-refractivity contribution in [3.8, 4) is 0 Å². The zero-order valence-corrected chi connectivity index (χ0v) is 13.2. The van der Waals surface area contributed by atoms with Crippen molar-refractivity contribution < 1.29 is 4.79 Å². The van der Waals surface area contributed by atoms with Crippen LogP contribution in [0.25, 0.3) is 10.9 Å². The number of nitrogens with zero attached hydrogens (tertiary/aromatic N) is 4. The Bertz CT molecular complexity index is 712. The van der Waals surface area contributed by atoms with Gasteiger partial charge in [0.15, 0.2) is 0 Å². The van der Waals surface area contributed by atoms with E-state index in [0.29, 0.717) is 16.7 Å². The molecule has 6 nitrogen and oxygen atoms in total. The van der Waals surface area contributed by atoms with Crippen LogP contribution in [0.5, 0.6) is 0 Å². The van der Waals surface area contributed by atoms with Crippen LogP contribution in [0, 0.1) is 0 Å². The molecule has 0 spiro atoms. The minimum atomic E-state index is -0.413. The van der Waals surface area contributed by atoms with Gasteiger partial charge < -0.3 is 15.5 Å². The lowest BCUT2D eigenvalue weighted by atomic mass is 10.1. The molecule has 7 heteroatoms. The van der Waals surface area contributed by atoms with Gasteiger partial charge in [0.05, 0.1) is 17.6 Å². The average Bonchev–Trinajstić information content (AvgIpc) is 2.48. The van der Waals surface area contributed by atoms with Crippen molar-refractivity contribution in [3.05, 3.63) is 28.9 Å². The van der Waals surface area contributed by atoms with Gasteiger partial charge in [-0.05, 0) is 25.2 Å². The second-order valence-electron chi connectivity index (χ2n) is 5.57. The molecule has 1 fully saturated rings. The molecule has 2 N–H and O–H groups in total. The quantitative estimate of drug-likeness (QED) is 0.915. The lowest BCUT2D eigenvalue weighted by molar-refractivity contribution is -0.117. The molecular formula is C15H18ClN5O. The van der Waals surface area contributed by atoms with Crippen molar-refractivity contribution >= 4 is 34.4 Å². The summed E-state index contributed by atoms with van der Waals surface area (Å²) in [4.78, 5) is 24.9. The molecule has 2 heterocycles. The van der Waals surface area contributed by atoms with E-state index < -0.39 is 5.91 Å². The molecule has 2 aromatic rings. The summed E-state index contributed by atoms with van der Waals surface area (Å²) in [6, 6.07) is 5.42. The highest BCUT2D eigenvalue weighted by Gasteiger charge is 2.19. The predicted octanol–water partition coefficient (Wildman–Crippen LogP) is 1.06.